The summed E-state index contributed by atoms with van der Waals surface area (Å²) in [5.41, 5.74) is -0.585. The van der Waals surface area contributed by atoms with E-state index in [-0.39, 0.29) is 81.5 Å². The maximum atomic E-state index is 12.4. The van der Waals surface area contributed by atoms with Gasteiger partial charge in [0.1, 0.15) is 21.2 Å². The molecule has 0 fully saturated rings. The van der Waals surface area contributed by atoms with Crippen molar-refractivity contribution in [3.63, 3.8) is 0 Å². The number of anilines is 1. The molecule has 0 aliphatic heterocycles. The average molecular weight is 624 g/mol. The topological polar surface area (TPSA) is 183 Å². The van der Waals surface area contributed by atoms with Gasteiger partial charge in [-0.25, -0.2) is 0 Å². The Balaban J connectivity index is 0.00000420. The summed E-state index contributed by atoms with van der Waals surface area (Å²) >= 11 is 0. The van der Waals surface area contributed by atoms with Gasteiger partial charge < -0.3 is 10.4 Å². The summed E-state index contributed by atoms with van der Waals surface area (Å²) in [5, 5.41) is 21.3. The predicted octanol–water partition coefficient (Wildman–Crippen LogP) is 5.77. The number of carbonyl (C=O) groups excluding carboxylic acids is 1. The first kappa shape index (κ1) is 37.6. The number of benzene rings is 3. The van der Waals surface area contributed by atoms with Crippen molar-refractivity contribution < 1.29 is 35.8 Å². The van der Waals surface area contributed by atoms with Gasteiger partial charge in [-0.1, -0.05) is 57.6 Å². The number of hydrogen-bond donors (Lipinski definition) is 4. The van der Waals surface area contributed by atoms with E-state index >= 15 is 0 Å². The van der Waals surface area contributed by atoms with Crippen LogP contribution in [0.3, 0.4) is 0 Å². The molecule has 11 nitrogen and oxygen atoms in total. The fourth-order valence-corrected chi connectivity index (χ4v) is 5.33. The maximum absolute atomic E-state index is 12.4. The van der Waals surface area contributed by atoms with Gasteiger partial charge in [0.25, 0.3) is 20.2 Å². The molecule has 0 saturated heterocycles. The fourth-order valence-electron chi connectivity index (χ4n) is 4.05. The molecular formula is C26H31N3Na2O8S2. The standard InChI is InChI=1S/C26H31N3O8S2.2Na/c1-2-3-4-5-6-7-8-13-24(30)27-19-14-15-20-18(16-19)17-23(39(35,36)37)25(26(20)31)29-28-21-11-9-10-12-22(21)38(32,33)34;;/h9-12,14-17,31H,2-8,13H2,1H3,(H,27,30)(H,32,33,34)(H,35,36,37);;. The molecule has 0 unspecified atom stereocenters. The molecule has 0 bridgehead atoms. The number of azo groups is 1. The summed E-state index contributed by atoms with van der Waals surface area (Å²) in [6.45, 7) is 2.16. The Morgan fingerprint density at radius 3 is 2.05 bits per heavy atom. The molecule has 0 spiro atoms. The molecule has 1 amide bonds. The second-order valence-electron chi connectivity index (χ2n) is 9.05. The average Bonchev–Trinajstić information content (AvgIpc) is 2.86. The number of nitrogens with zero attached hydrogens (tertiary/aromatic N) is 2. The van der Waals surface area contributed by atoms with Crippen LogP contribution in [0.5, 0.6) is 5.75 Å². The van der Waals surface area contributed by atoms with E-state index in [1.54, 1.807) is 0 Å². The van der Waals surface area contributed by atoms with Gasteiger partial charge in [0.05, 0.1) is 0 Å². The Morgan fingerprint density at radius 1 is 0.805 bits per heavy atom. The van der Waals surface area contributed by atoms with Crippen molar-refractivity contribution in [1.82, 2.24) is 0 Å². The Morgan fingerprint density at radius 2 is 1.41 bits per heavy atom. The quantitative estimate of drug-likeness (QED) is 0.0800. The van der Waals surface area contributed by atoms with Gasteiger partial charge >= 0.3 is 0 Å². The van der Waals surface area contributed by atoms with Crippen LogP contribution in [0, 0.1) is 0 Å². The molecule has 3 aromatic rings. The number of amides is 1. The number of unbranched alkanes of at least 4 members (excludes halogenated alkanes) is 6. The number of fused-ring (bicyclic) bond motifs is 1. The second-order valence-corrected chi connectivity index (χ2v) is 11.8. The van der Waals surface area contributed by atoms with Crippen molar-refractivity contribution in [2.75, 3.05) is 5.32 Å². The first-order valence-corrected chi connectivity index (χ1v) is 15.3. The fraction of sp³-hybridized carbons (Fsp3) is 0.346. The summed E-state index contributed by atoms with van der Waals surface area (Å²) in [6.07, 6.45) is 7.83. The zero-order chi connectivity index (χ0) is 28.6. The maximum Gasteiger partial charge on any atom is 0.296 e. The minimum Gasteiger partial charge on any atom is -0.505 e. The van der Waals surface area contributed by atoms with Crippen molar-refractivity contribution in [1.29, 1.82) is 0 Å². The molecule has 212 valence electrons. The van der Waals surface area contributed by atoms with E-state index in [9.17, 15) is 35.8 Å². The van der Waals surface area contributed by atoms with Crippen LogP contribution in [0.1, 0.15) is 58.3 Å². The smallest absolute Gasteiger partial charge is 0.296 e. The third-order valence-corrected chi connectivity index (χ3v) is 7.79. The molecule has 41 heavy (non-hydrogen) atoms. The molecule has 0 aliphatic carbocycles. The third-order valence-electron chi connectivity index (χ3n) is 6.02. The van der Waals surface area contributed by atoms with Gasteiger partial charge in [0, 0.05) is 76.6 Å². The van der Waals surface area contributed by atoms with Crippen molar-refractivity contribution in [2.45, 2.75) is 68.1 Å². The van der Waals surface area contributed by atoms with Crippen LogP contribution in [0.25, 0.3) is 10.8 Å². The summed E-state index contributed by atoms with van der Waals surface area (Å²) in [6, 6.07) is 10.5. The van der Waals surface area contributed by atoms with E-state index in [1.807, 2.05) is 0 Å². The largest absolute Gasteiger partial charge is 0.505 e. The molecule has 4 N–H and O–H groups in total. The minimum atomic E-state index is -4.92. The first-order chi connectivity index (χ1) is 18.4. The summed E-state index contributed by atoms with van der Waals surface area (Å²) in [4.78, 5) is 11.0. The van der Waals surface area contributed by atoms with E-state index in [1.165, 1.54) is 55.7 Å². The summed E-state index contributed by atoms with van der Waals surface area (Å²) < 4.78 is 66.6. The van der Waals surface area contributed by atoms with Crippen molar-refractivity contribution in [2.24, 2.45) is 10.2 Å². The molecular weight excluding hydrogens is 592 g/mol. The normalized spacial score (nSPS) is 11.7. The number of hydrogen-bond acceptors (Lipinski definition) is 8. The Labute approximate surface area is 284 Å². The van der Waals surface area contributed by atoms with E-state index in [0.717, 1.165) is 37.8 Å². The Hall–Kier alpha value is -1.39. The molecule has 2 radical (unpaired) electrons. The van der Waals surface area contributed by atoms with Crippen molar-refractivity contribution in [3.8, 4) is 5.75 Å². The van der Waals surface area contributed by atoms with E-state index in [2.05, 4.69) is 22.5 Å². The van der Waals surface area contributed by atoms with Crippen molar-refractivity contribution in [3.05, 3.63) is 48.5 Å². The molecule has 3 aromatic carbocycles. The number of nitrogens with one attached hydrogen (secondary N) is 1. The minimum absolute atomic E-state index is 0. The van der Waals surface area contributed by atoms with E-state index in [0.29, 0.717) is 12.1 Å². The number of rotatable bonds is 13. The van der Waals surface area contributed by atoms with Crippen LogP contribution in [0.2, 0.25) is 0 Å². The molecule has 3 rings (SSSR count). The van der Waals surface area contributed by atoms with Crippen LogP contribution >= 0.6 is 0 Å². The van der Waals surface area contributed by atoms with Gasteiger partial charge in [-0.05, 0) is 48.2 Å². The van der Waals surface area contributed by atoms with Crippen LogP contribution in [0.4, 0.5) is 17.1 Å². The predicted molar refractivity (Wildman–Crippen MR) is 159 cm³/mol. The zero-order valence-electron chi connectivity index (χ0n) is 23.4. The van der Waals surface area contributed by atoms with Crippen LogP contribution in [-0.4, -0.2) is 96.1 Å². The van der Waals surface area contributed by atoms with Crippen molar-refractivity contribution >= 4 is 113 Å². The number of phenols is 1. The van der Waals surface area contributed by atoms with Gasteiger partial charge in [-0.15, -0.1) is 10.2 Å². The van der Waals surface area contributed by atoms with Gasteiger partial charge in [-0.2, -0.15) is 16.8 Å². The van der Waals surface area contributed by atoms with Crippen LogP contribution in [-0.2, 0) is 25.0 Å². The molecule has 0 aliphatic rings. The number of aromatic hydroxyl groups is 1. The van der Waals surface area contributed by atoms with Crippen LogP contribution in [0.15, 0.2) is 68.6 Å². The van der Waals surface area contributed by atoms with Gasteiger partial charge in [-0.3, -0.25) is 13.9 Å². The molecule has 0 aromatic heterocycles. The molecule has 15 heteroatoms. The number of phenolic OH excluding ortho intramolecular Hbond substituents is 1. The van der Waals surface area contributed by atoms with Gasteiger partial charge in [0.15, 0.2) is 5.75 Å². The van der Waals surface area contributed by atoms with Gasteiger partial charge in [0.2, 0.25) is 5.91 Å². The Kier molecular flexibility index (Phi) is 15.6. The monoisotopic (exact) mass is 623 g/mol. The second kappa shape index (κ2) is 17.0. The number of carbonyl (C=O) groups is 1. The zero-order valence-corrected chi connectivity index (χ0v) is 29.0. The SMILES string of the molecule is CCCCCCCCCC(=O)Nc1ccc2c(O)c(N=Nc3ccccc3S(=O)(=O)O)c(S(=O)(=O)O)cc2c1.[Na].[Na]. The van der Waals surface area contributed by atoms with E-state index in [4.69, 9.17) is 0 Å². The molecule has 0 atom stereocenters. The first-order valence-electron chi connectivity index (χ1n) is 12.5. The third kappa shape index (κ3) is 11.0. The summed E-state index contributed by atoms with van der Waals surface area (Å²) in [5.74, 6) is -0.848. The molecule has 0 heterocycles. The van der Waals surface area contributed by atoms with Crippen LogP contribution < -0.4 is 5.32 Å². The Bertz CT molecular complexity index is 1600. The summed E-state index contributed by atoms with van der Waals surface area (Å²) in [7, 11) is -9.59. The van der Waals surface area contributed by atoms with E-state index < -0.39 is 41.5 Å². The molecule has 0 saturated carbocycles.